The number of anilines is 2. The van der Waals surface area contributed by atoms with Gasteiger partial charge in [-0.2, -0.15) is 0 Å². The average molecular weight is 532 g/mol. The van der Waals surface area contributed by atoms with Crippen molar-refractivity contribution in [1.82, 2.24) is 0 Å². The third-order valence-corrected chi connectivity index (χ3v) is 5.39. The standard InChI is InChI=1S/C23H20Br2N2O3/c1-2-27(19-9-4-3-5-10-19)23(29)16-7-6-8-18(13-16)26-22(28)15-30-21-12-11-17(24)14-20(21)25/h3-14H,2,15H2,1H3,(H,26,28). The molecule has 0 atom stereocenters. The van der Waals surface area contributed by atoms with Crippen LogP contribution in [0.15, 0.2) is 81.7 Å². The van der Waals surface area contributed by atoms with Crippen LogP contribution in [0.25, 0.3) is 0 Å². The zero-order valence-corrected chi connectivity index (χ0v) is 19.4. The van der Waals surface area contributed by atoms with Gasteiger partial charge in [0.15, 0.2) is 6.61 Å². The first-order valence-corrected chi connectivity index (χ1v) is 10.9. The van der Waals surface area contributed by atoms with Crippen LogP contribution in [0.1, 0.15) is 17.3 Å². The Balaban J connectivity index is 1.66. The molecule has 5 nitrogen and oxygen atoms in total. The SMILES string of the molecule is CCN(C(=O)c1cccc(NC(=O)COc2ccc(Br)cc2Br)c1)c1ccccc1. The van der Waals surface area contributed by atoms with Crippen molar-refractivity contribution in [3.63, 3.8) is 0 Å². The highest BCUT2D eigenvalue weighted by molar-refractivity contribution is 9.11. The molecule has 3 aromatic rings. The summed E-state index contributed by atoms with van der Waals surface area (Å²) in [5.74, 6) is 0.124. The van der Waals surface area contributed by atoms with Crippen LogP contribution >= 0.6 is 31.9 Å². The van der Waals surface area contributed by atoms with E-state index in [0.717, 1.165) is 14.6 Å². The second-order valence-electron chi connectivity index (χ2n) is 6.38. The van der Waals surface area contributed by atoms with E-state index < -0.39 is 0 Å². The molecular weight excluding hydrogens is 512 g/mol. The van der Waals surface area contributed by atoms with Gasteiger partial charge in [0.2, 0.25) is 0 Å². The molecule has 0 unspecified atom stereocenters. The topological polar surface area (TPSA) is 58.6 Å². The first-order chi connectivity index (χ1) is 14.5. The summed E-state index contributed by atoms with van der Waals surface area (Å²) in [4.78, 5) is 27.0. The Morgan fingerprint density at radius 1 is 0.967 bits per heavy atom. The Kier molecular flexibility index (Phi) is 7.65. The van der Waals surface area contributed by atoms with E-state index in [1.807, 2.05) is 49.4 Å². The molecule has 30 heavy (non-hydrogen) atoms. The van der Waals surface area contributed by atoms with E-state index in [2.05, 4.69) is 37.2 Å². The van der Waals surface area contributed by atoms with Crippen LogP contribution < -0.4 is 15.0 Å². The van der Waals surface area contributed by atoms with Gasteiger partial charge in [0.1, 0.15) is 5.75 Å². The Bertz CT molecular complexity index is 1040. The molecule has 0 heterocycles. The number of nitrogens with zero attached hydrogens (tertiary/aromatic N) is 1. The summed E-state index contributed by atoms with van der Waals surface area (Å²) in [6, 6.07) is 21.8. The van der Waals surface area contributed by atoms with Crippen LogP contribution in [0.2, 0.25) is 0 Å². The molecule has 0 bridgehead atoms. The van der Waals surface area contributed by atoms with Crippen LogP contribution in [0.4, 0.5) is 11.4 Å². The van der Waals surface area contributed by atoms with Gasteiger partial charge < -0.3 is 15.0 Å². The number of ether oxygens (including phenoxy) is 1. The Morgan fingerprint density at radius 2 is 1.73 bits per heavy atom. The molecule has 0 fully saturated rings. The highest BCUT2D eigenvalue weighted by Crippen LogP contribution is 2.28. The molecule has 1 N–H and O–H groups in total. The first-order valence-electron chi connectivity index (χ1n) is 9.32. The highest BCUT2D eigenvalue weighted by atomic mass is 79.9. The van der Waals surface area contributed by atoms with Crippen molar-refractivity contribution in [3.05, 3.63) is 87.3 Å². The molecule has 154 valence electrons. The van der Waals surface area contributed by atoms with E-state index in [1.165, 1.54) is 0 Å². The van der Waals surface area contributed by atoms with Crippen molar-refractivity contribution in [2.45, 2.75) is 6.92 Å². The van der Waals surface area contributed by atoms with Crippen LogP contribution in [0.3, 0.4) is 0 Å². The number of carbonyl (C=O) groups excluding carboxylic acids is 2. The molecule has 0 aliphatic carbocycles. The van der Waals surface area contributed by atoms with E-state index in [0.29, 0.717) is 23.5 Å². The summed E-state index contributed by atoms with van der Waals surface area (Å²) in [5.41, 5.74) is 1.86. The lowest BCUT2D eigenvalue weighted by Crippen LogP contribution is -2.30. The van der Waals surface area contributed by atoms with Gasteiger partial charge in [0.25, 0.3) is 11.8 Å². The number of benzene rings is 3. The van der Waals surface area contributed by atoms with Crippen LogP contribution in [-0.2, 0) is 4.79 Å². The number of para-hydroxylation sites is 1. The molecule has 0 aromatic heterocycles. The summed E-state index contributed by atoms with van der Waals surface area (Å²) in [6.07, 6.45) is 0. The van der Waals surface area contributed by atoms with Crippen LogP contribution in [0, 0.1) is 0 Å². The lowest BCUT2D eigenvalue weighted by molar-refractivity contribution is -0.118. The van der Waals surface area contributed by atoms with Crippen molar-refractivity contribution in [2.75, 3.05) is 23.4 Å². The number of halogens is 2. The van der Waals surface area contributed by atoms with E-state index in [9.17, 15) is 9.59 Å². The second-order valence-corrected chi connectivity index (χ2v) is 8.15. The summed E-state index contributed by atoms with van der Waals surface area (Å²) in [7, 11) is 0. The fourth-order valence-corrected chi connectivity index (χ4v) is 4.03. The van der Waals surface area contributed by atoms with E-state index in [4.69, 9.17) is 4.74 Å². The Morgan fingerprint density at radius 3 is 2.43 bits per heavy atom. The normalized spacial score (nSPS) is 10.4. The lowest BCUT2D eigenvalue weighted by atomic mass is 10.1. The van der Waals surface area contributed by atoms with Crippen molar-refractivity contribution < 1.29 is 14.3 Å². The Labute approximate surface area is 192 Å². The molecule has 0 radical (unpaired) electrons. The molecule has 3 aromatic carbocycles. The zero-order valence-electron chi connectivity index (χ0n) is 16.3. The quantitative estimate of drug-likeness (QED) is 0.413. The largest absolute Gasteiger partial charge is 0.483 e. The fraction of sp³-hybridized carbons (Fsp3) is 0.130. The van der Waals surface area contributed by atoms with Gasteiger partial charge in [-0.3, -0.25) is 9.59 Å². The minimum absolute atomic E-state index is 0.130. The van der Waals surface area contributed by atoms with Gasteiger partial charge >= 0.3 is 0 Å². The predicted molar refractivity (Wildman–Crippen MR) is 126 cm³/mol. The summed E-state index contributed by atoms with van der Waals surface area (Å²) >= 11 is 6.77. The average Bonchev–Trinajstić information content (AvgIpc) is 2.74. The predicted octanol–water partition coefficient (Wildman–Crippen LogP) is 5.90. The second kappa shape index (κ2) is 10.4. The monoisotopic (exact) mass is 530 g/mol. The van der Waals surface area contributed by atoms with Gasteiger partial charge in [0, 0.05) is 28.0 Å². The zero-order chi connectivity index (χ0) is 21.5. The summed E-state index contributed by atoms with van der Waals surface area (Å²) in [6.45, 7) is 2.31. The number of carbonyl (C=O) groups is 2. The third kappa shape index (κ3) is 5.70. The number of amides is 2. The van der Waals surface area contributed by atoms with Gasteiger partial charge in [-0.25, -0.2) is 0 Å². The number of nitrogens with one attached hydrogen (secondary N) is 1. The molecule has 2 amide bonds. The summed E-state index contributed by atoms with van der Waals surface area (Å²) < 4.78 is 7.22. The maximum absolute atomic E-state index is 13.0. The lowest BCUT2D eigenvalue weighted by Gasteiger charge is -2.21. The van der Waals surface area contributed by atoms with Crippen LogP contribution in [0.5, 0.6) is 5.75 Å². The van der Waals surface area contributed by atoms with Gasteiger partial charge in [-0.1, -0.05) is 40.2 Å². The minimum atomic E-state index is -0.315. The van der Waals surface area contributed by atoms with Gasteiger partial charge in [-0.15, -0.1) is 0 Å². The Hall–Kier alpha value is -2.64. The molecule has 0 aliphatic rings. The first kappa shape index (κ1) is 22.1. The van der Waals surface area contributed by atoms with Crippen molar-refractivity contribution >= 4 is 55.0 Å². The molecule has 3 rings (SSSR count). The van der Waals surface area contributed by atoms with E-state index >= 15 is 0 Å². The third-order valence-electron chi connectivity index (χ3n) is 4.28. The van der Waals surface area contributed by atoms with E-state index in [-0.39, 0.29) is 18.4 Å². The molecule has 0 saturated heterocycles. The van der Waals surface area contributed by atoms with Crippen LogP contribution in [-0.4, -0.2) is 25.0 Å². The van der Waals surface area contributed by atoms with E-state index in [1.54, 1.807) is 35.2 Å². The van der Waals surface area contributed by atoms with Crippen molar-refractivity contribution in [2.24, 2.45) is 0 Å². The van der Waals surface area contributed by atoms with Crippen molar-refractivity contribution in [1.29, 1.82) is 0 Å². The molecule has 0 saturated carbocycles. The number of rotatable bonds is 7. The fourth-order valence-electron chi connectivity index (χ4n) is 2.87. The highest BCUT2D eigenvalue weighted by Gasteiger charge is 2.16. The van der Waals surface area contributed by atoms with Crippen molar-refractivity contribution in [3.8, 4) is 5.75 Å². The molecular formula is C23H20Br2N2O3. The minimum Gasteiger partial charge on any atom is -0.483 e. The number of hydrogen-bond acceptors (Lipinski definition) is 3. The number of hydrogen-bond donors (Lipinski definition) is 1. The molecule has 7 heteroatoms. The smallest absolute Gasteiger partial charge is 0.262 e. The van der Waals surface area contributed by atoms with Gasteiger partial charge in [0.05, 0.1) is 4.47 Å². The maximum Gasteiger partial charge on any atom is 0.262 e. The molecule has 0 aliphatic heterocycles. The maximum atomic E-state index is 13.0. The molecule has 0 spiro atoms. The summed E-state index contributed by atoms with van der Waals surface area (Å²) in [5, 5.41) is 2.78. The van der Waals surface area contributed by atoms with Gasteiger partial charge in [-0.05, 0) is 71.4 Å².